The molecule has 0 amide bonds. The predicted octanol–water partition coefficient (Wildman–Crippen LogP) is 6.82. The summed E-state index contributed by atoms with van der Waals surface area (Å²) in [6.45, 7) is 4.62. The molecule has 27 heavy (non-hydrogen) atoms. The predicted molar refractivity (Wildman–Crippen MR) is 115 cm³/mol. The number of anilines is 2. The summed E-state index contributed by atoms with van der Waals surface area (Å²) < 4.78 is 0. The minimum atomic E-state index is -0.00712. The van der Waals surface area contributed by atoms with E-state index in [0.29, 0.717) is 0 Å². The number of hydrogen-bond donors (Lipinski definition) is 0. The lowest BCUT2D eigenvalue weighted by Crippen LogP contribution is -2.19. The number of allylic oxidation sites excluding steroid dienone is 3. The van der Waals surface area contributed by atoms with Crippen LogP contribution in [0.25, 0.3) is 10.6 Å². The number of rotatable bonds is 3. The Morgan fingerprint density at radius 1 is 1.00 bits per heavy atom. The van der Waals surface area contributed by atoms with E-state index in [2.05, 4.69) is 84.8 Å². The largest absolute Gasteiger partial charge is 0.309 e. The molecule has 0 saturated heterocycles. The number of fused-ring (bicyclic) bond motifs is 3. The number of benzene rings is 1. The molecule has 2 aliphatic rings. The first kappa shape index (κ1) is 16.5. The molecule has 2 aromatic heterocycles. The van der Waals surface area contributed by atoms with Crippen LogP contribution in [0.4, 0.5) is 11.4 Å². The number of hydrogen-bond acceptors (Lipinski definition) is 3. The van der Waals surface area contributed by atoms with E-state index in [1.807, 2.05) is 6.20 Å². The van der Waals surface area contributed by atoms with E-state index in [-0.39, 0.29) is 5.41 Å². The number of aromatic nitrogens is 1. The maximum atomic E-state index is 4.93. The fourth-order valence-electron chi connectivity index (χ4n) is 4.15. The van der Waals surface area contributed by atoms with E-state index in [9.17, 15) is 0 Å². The van der Waals surface area contributed by atoms with Crippen molar-refractivity contribution >= 4 is 22.7 Å². The van der Waals surface area contributed by atoms with Gasteiger partial charge in [0.05, 0.1) is 22.5 Å². The smallest absolute Gasteiger partial charge is 0.0847 e. The fourth-order valence-corrected chi connectivity index (χ4v) is 5.22. The van der Waals surface area contributed by atoms with E-state index in [0.717, 1.165) is 24.2 Å². The van der Waals surface area contributed by atoms with Crippen molar-refractivity contribution in [2.75, 3.05) is 4.90 Å². The van der Waals surface area contributed by atoms with Crippen LogP contribution in [0, 0.1) is 0 Å². The summed E-state index contributed by atoms with van der Waals surface area (Å²) in [5.41, 5.74) is 7.38. The van der Waals surface area contributed by atoms with Crippen LogP contribution in [0.3, 0.4) is 0 Å². The highest BCUT2D eigenvalue weighted by atomic mass is 32.1. The molecule has 1 aromatic carbocycles. The van der Waals surface area contributed by atoms with Gasteiger partial charge in [-0.1, -0.05) is 44.2 Å². The highest BCUT2D eigenvalue weighted by Crippen LogP contribution is 2.51. The van der Waals surface area contributed by atoms with E-state index in [1.165, 1.54) is 27.4 Å². The Balaban J connectivity index is 1.67. The van der Waals surface area contributed by atoms with Crippen LogP contribution in [0.2, 0.25) is 0 Å². The van der Waals surface area contributed by atoms with Gasteiger partial charge >= 0.3 is 0 Å². The molecule has 0 radical (unpaired) electrons. The molecule has 0 unspecified atom stereocenters. The molecule has 3 aromatic rings. The van der Waals surface area contributed by atoms with Crippen LogP contribution in [0.1, 0.15) is 37.8 Å². The summed E-state index contributed by atoms with van der Waals surface area (Å²) in [4.78, 5) is 8.58. The van der Waals surface area contributed by atoms with Crippen molar-refractivity contribution in [1.29, 1.82) is 0 Å². The van der Waals surface area contributed by atoms with E-state index in [1.54, 1.807) is 11.3 Å². The summed E-state index contributed by atoms with van der Waals surface area (Å²) in [6, 6.07) is 15.2. The molecule has 2 nitrogen and oxygen atoms in total. The molecule has 0 atom stereocenters. The van der Waals surface area contributed by atoms with Gasteiger partial charge in [-0.3, -0.25) is 4.98 Å². The molecule has 3 heteroatoms. The molecule has 0 N–H and O–H groups in total. The van der Waals surface area contributed by atoms with Gasteiger partial charge in [-0.15, -0.1) is 11.3 Å². The third kappa shape index (κ3) is 2.57. The van der Waals surface area contributed by atoms with Crippen LogP contribution in [-0.4, -0.2) is 4.98 Å². The monoisotopic (exact) mass is 370 g/mol. The second-order valence-corrected chi connectivity index (χ2v) is 8.57. The van der Waals surface area contributed by atoms with E-state index in [4.69, 9.17) is 4.98 Å². The Labute approximate surface area is 164 Å². The summed E-state index contributed by atoms with van der Waals surface area (Å²) >= 11 is 1.80. The summed E-state index contributed by atoms with van der Waals surface area (Å²) in [5, 5.41) is 2.18. The molecule has 0 saturated carbocycles. The molecule has 0 aliphatic heterocycles. The third-order valence-electron chi connectivity index (χ3n) is 5.61. The SMILES string of the molecule is CC1(C)c2cc(N(C3=CCCC=C3)c3ccccc3)cnc2-c2sccc21. The van der Waals surface area contributed by atoms with Crippen molar-refractivity contribution in [3.05, 3.63) is 89.1 Å². The maximum Gasteiger partial charge on any atom is 0.0847 e. The standard InChI is InChI=1S/C24H22N2S/c1-24(2)20-13-14-27-23(20)22-21(24)15-19(16-25-22)26(17-9-5-3-6-10-17)18-11-7-4-8-12-18/h3,5-7,9-16H,4,8H2,1-2H3. The zero-order valence-electron chi connectivity index (χ0n) is 15.6. The molecule has 134 valence electrons. The highest BCUT2D eigenvalue weighted by molar-refractivity contribution is 7.13. The second kappa shape index (κ2) is 6.21. The first-order valence-corrected chi connectivity index (χ1v) is 10.3. The fraction of sp³-hybridized carbons (Fsp3) is 0.208. The minimum Gasteiger partial charge on any atom is -0.309 e. The molecule has 0 fully saturated rings. The number of pyridine rings is 1. The van der Waals surface area contributed by atoms with Crippen LogP contribution < -0.4 is 4.90 Å². The van der Waals surface area contributed by atoms with Crippen molar-refractivity contribution < 1.29 is 0 Å². The first-order chi connectivity index (χ1) is 13.2. The lowest BCUT2D eigenvalue weighted by atomic mass is 9.83. The summed E-state index contributed by atoms with van der Waals surface area (Å²) in [7, 11) is 0. The van der Waals surface area contributed by atoms with Gasteiger partial charge in [-0.25, -0.2) is 0 Å². The molecule has 5 rings (SSSR count). The summed E-state index contributed by atoms with van der Waals surface area (Å²) in [6.07, 6.45) is 11.0. The third-order valence-corrected chi connectivity index (χ3v) is 6.53. The Morgan fingerprint density at radius 2 is 1.85 bits per heavy atom. The molecular weight excluding hydrogens is 348 g/mol. The molecule has 0 spiro atoms. The van der Waals surface area contributed by atoms with Crippen molar-refractivity contribution in [3.8, 4) is 10.6 Å². The average molecular weight is 371 g/mol. The normalized spacial score (nSPS) is 16.6. The molecule has 0 bridgehead atoms. The van der Waals surface area contributed by atoms with Crippen molar-refractivity contribution in [2.24, 2.45) is 0 Å². The Kier molecular flexibility index (Phi) is 3.80. The van der Waals surface area contributed by atoms with Crippen LogP contribution in [-0.2, 0) is 5.41 Å². The Morgan fingerprint density at radius 3 is 2.63 bits per heavy atom. The number of thiophene rings is 1. The van der Waals surface area contributed by atoms with Gasteiger partial charge in [-0.05, 0) is 59.7 Å². The zero-order valence-corrected chi connectivity index (χ0v) is 16.5. The van der Waals surface area contributed by atoms with Crippen molar-refractivity contribution in [2.45, 2.75) is 32.1 Å². The maximum absolute atomic E-state index is 4.93. The van der Waals surface area contributed by atoms with Gasteiger partial charge in [0.25, 0.3) is 0 Å². The topological polar surface area (TPSA) is 16.1 Å². The van der Waals surface area contributed by atoms with Gasteiger partial charge in [0.15, 0.2) is 0 Å². The lowest BCUT2D eigenvalue weighted by Gasteiger charge is -2.29. The van der Waals surface area contributed by atoms with Gasteiger partial charge < -0.3 is 4.90 Å². The zero-order chi connectivity index (χ0) is 18.4. The van der Waals surface area contributed by atoms with Crippen LogP contribution in [0.15, 0.2) is 78.0 Å². The molecular formula is C24H22N2S. The van der Waals surface area contributed by atoms with Gasteiger partial charge in [-0.2, -0.15) is 0 Å². The number of para-hydroxylation sites is 1. The lowest BCUT2D eigenvalue weighted by molar-refractivity contribution is 0.660. The Hall–Kier alpha value is -2.65. The second-order valence-electron chi connectivity index (χ2n) is 7.66. The quantitative estimate of drug-likeness (QED) is 0.503. The van der Waals surface area contributed by atoms with E-state index < -0.39 is 0 Å². The first-order valence-electron chi connectivity index (χ1n) is 9.47. The molecule has 2 aliphatic carbocycles. The van der Waals surface area contributed by atoms with Gasteiger partial charge in [0, 0.05) is 16.8 Å². The summed E-state index contributed by atoms with van der Waals surface area (Å²) in [5.74, 6) is 0. The average Bonchev–Trinajstić information content (AvgIpc) is 3.27. The molecule has 2 heterocycles. The van der Waals surface area contributed by atoms with Gasteiger partial charge in [0.1, 0.15) is 0 Å². The Bertz CT molecular complexity index is 1060. The van der Waals surface area contributed by atoms with Crippen LogP contribution >= 0.6 is 11.3 Å². The van der Waals surface area contributed by atoms with Crippen molar-refractivity contribution in [1.82, 2.24) is 4.98 Å². The van der Waals surface area contributed by atoms with Crippen molar-refractivity contribution in [3.63, 3.8) is 0 Å². The highest BCUT2D eigenvalue weighted by Gasteiger charge is 2.38. The van der Waals surface area contributed by atoms with E-state index >= 15 is 0 Å². The minimum absolute atomic E-state index is 0.00712. The number of nitrogens with zero attached hydrogens (tertiary/aromatic N) is 2. The van der Waals surface area contributed by atoms with Crippen LogP contribution in [0.5, 0.6) is 0 Å². The van der Waals surface area contributed by atoms with Gasteiger partial charge in [0.2, 0.25) is 0 Å².